The Kier molecular flexibility index (Phi) is 5.85. The lowest BCUT2D eigenvalue weighted by atomic mass is 10.1. The second-order valence-corrected chi connectivity index (χ2v) is 7.69. The van der Waals surface area contributed by atoms with Crippen molar-refractivity contribution in [3.8, 4) is 0 Å². The summed E-state index contributed by atoms with van der Waals surface area (Å²) in [4.78, 5) is 53.6. The van der Waals surface area contributed by atoms with Crippen molar-refractivity contribution >= 4 is 28.3 Å². The molecule has 0 unspecified atom stereocenters. The van der Waals surface area contributed by atoms with Crippen LogP contribution in [0.15, 0.2) is 38.0 Å². The van der Waals surface area contributed by atoms with Gasteiger partial charge in [0.1, 0.15) is 5.65 Å². The van der Waals surface area contributed by atoms with Crippen LogP contribution < -0.4 is 16.8 Å². The maximum atomic E-state index is 13.4. The van der Waals surface area contributed by atoms with E-state index in [1.807, 2.05) is 17.5 Å². The first-order chi connectivity index (χ1) is 13.8. The van der Waals surface area contributed by atoms with E-state index in [0.717, 1.165) is 15.5 Å². The summed E-state index contributed by atoms with van der Waals surface area (Å²) in [6, 6.07) is 4.95. The molecule has 0 fully saturated rings. The Hall–Kier alpha value is -2.98. The monoisotopic (exact) mass is 418 g/mol. The van der Waals surface area contributed by atoms with Crippen LogP contribution in [-0.4, -0.2) is 44.8 Å². The van der Waals surface area contributed by atoms with Crippen molar-refractivity contribution in [2.75, 3.05) is 20.3 Å². The van der Waals surface area contributed by atoms with Crippen LogP contribution in [0.25, 0.3) is 11.0 Å². The highest BCUT2D eigenvalue weighted by atomic mass is 32.1. The average molecular weight is 418 g/mol. The highest BCUT2D eigenvalue weighted by Crippen LogP contribution is 2.17. The molecule has 3 aromatic heterocycles. The molecule has 3 heterocycles. The van der Waals surface area contributed by atoms with Gasteiger partial charge in [0.25, 0.3) is 17.0 Å². The summed E-state index contributed by atoms with van der Waals surface area (Å²) in [6.07, 6.45) is 0. The first-order valence-corrected chi connectivity index (χ1v) is 9.76. The number of hydrogen-bond donors (Lipinski definition) is 0. The number of fused-ring (bicyclic) bond motifs is 1. The maximum Gasteiger partial charge on any atom is 0.332 e. The molecule has 0 aromatic carbocycles. The van der Waals surface area contributed by atoms with Crippen molar-refractivity contribution in [3.05, 3.63) is 65.2 Å². The van der Waals surface area contributed by atoms with Gasteiger partial charge in [-0.15, -0.1) is 11.3 Å². The number of thiophene rings is 1. The molecule has 29 heavy (non-hydrogen) atoms. The van der Waals surface area contributed by atoms with Crippen molar-refractivity contribution in [1.82, 2.24) is 18.6 Å². The number of aryl methyl sites for hydroxylation is 2. The molecule has 0 aliphatic heterocycles. The van der Waals surface area contributed by atoms with E-state index in [9.17, 15) is 19.2 Å². The number of rotatable bonds is 6. The van der Waals surface area contributed by atoms with E-state index >= 15 is 0 Å². The normalized spacial score (nSPS) is 11.2. The Morgan fingerprint density at radius 2 is 1.86 bits per heavy atom. The number of nitrogens with zero attached hydrogens (tertiary/aromatic N) is 4. The summed E-state index contributed by atoms with van der Waals surface area (Å²) in [5, 5.41) is 1.95. The fourth-order valence-corrected chi connectivity index (χ4v) is 3.96. The summed E-state index contributed by atoms with van der Waals surface area (Å²) in [5.74, 6) is -0.464. The molecule has 3 rings (SSSR count). The van der Waals surface area contributed by atoms with Gasteiger partial charge in [-0.05, 0) is 11.4 Å². The molecule has 0 aliphatic carbocycles. The predicted molar refractivity (Wildman–Crippen MR) is 111 cm³/mol. The Bertz CT molecular complexity index is 1240. The lowest BCUT2D eigenvalue weighted by molar-refractivity contribution is 0.0684. The number of pyridine rings is 1. The third-order valence-corrected chi connectivity index (χ3v) is 5.69. The Morgan fingerprint density at radius 3 is 2.48 bits per heavy atom. The van der Waals surface area contributed by atoms with Gasteiger partial charge < -0.3 is 9.64 Å². The van der Waals surface area contributed by atoms with Crippen molar-refractivity contribution < 1.29 is 9.53 Å². The Balaban J connectivity index is 2.25. The molecule has 0 bridgehead atoms. The van der Waals surface area contributed by atoms with E-state index < -0.39 is 22.7 Å². The van der Waals surface area contributed by atoms with Crippen LogP contribution in [0.5, 0.6) is 0 Å². The molecule has 0 saturated heterocycles. The first kappa shape index (κ1) is 20.7. The predicted octanol–water partition coefficient (Wildman–Crippen LogP) is 0.286. The summed E-state index contributed by atoms with van der Waals surface area (Å²) < 4.78 is 8.45. The molecular formula is C19H22N4O5S. The van der Waals surface area contributed by atoms with Crippen LogP contribution in [0.3, 0.4) is 0 Å². The number of hydrogen-bond acceptors (Lipinski definition) is 6. The number of amides is 1. The van der Waals surface area contributed by atoms with E-state index in [1.165, 1.54) is 53.6 Å². The number of aromatic nitrogens is 3. The van der Waals surface area contributed by atoms with Crippen molar-refractivity contribution in [3.63, 3.8) is 0 Å². The van der Waals surface area contributed by atoms with Gasteiger partial charge in [0.2, 0.25) is 0 Å². The van der Waals surface area contributed by atoms with Gasteiger partial charge in [-0.25, -0.2) is 4.79 Å². The minimum Gasteiger partial charge on any atom is -0.383 e. The van der Waals surface area contributed by atoms with E-state index in [0.29, 0.717) is 13.2 Å². The topological polar surface area (TPSA) is 95.5 Å². The molecule has 0 radical (unpaired) electrons. The zero-order chi connectivity index (χ0) is 21.3. The van der Waals surface area contributed by atoms with Crippen molar-refractivity contribution in [1.29, 1.82) is 0 Å². The van der Waals surface area contributed by atoms with Crippen LogP contribution >= 0.6 is 11.3 Å². The molecule has 0 spiro atoms. The molecule has 9 nitrogen and oxygen atoms in total. The van der Waals surface area contributed by atoms with Crippen LogP contribution in [0.2, 0.25) is 0 Å². The van der Waals surface area contributed by atoms with Crippen molar-refractivity contribution in [2.24, 2.45) is 21.1 Å². The highest BCUT2D eigenvalue weighted by Gasteiger charge is 2.24. The minimum atomic E-state index is -0.620. The zero-order valence-electron chi connectivity index (χ0n) is 16.7. The summed E-state index contributed by atoms with van der Waals surface area (Å²) in [5.41, 5.74) is -1.59. The molecule has 0 aliphatic rings. The van der Waals surface area contributed by atoms with Crippen LogP contribution in [0.1, 0.15) is 15.2 Å². The number of carbonyl (C=O) groups excluding carboxylic acids is 1. The second-order valence-electron chi connectivity index (χ2n) is 6.66. The van der Waals surface area contributed by atoms with Gasteiger partial charge >= 0.3 is 5.69 Å². The smallest absolute Gasteiger partial charge is 0.332 e. The molecule has 1 amide bonds. The lowest BCUT2D eigenvalue weighted by Gasteiger charge is -2.23. The summed E-state index contributed by atoms with van der Waals surface area (Å²) in [6.45, 7) is 0.912. The minimum absolute atomic E-state index is 0.0213. The SMILES string of the molecule is COCCN(Cc1cccs1)C(=O)c1cc(=O)n(C)c2c1c(=O)n(C)c(=O)n2C. The largest absolute Gasteiger partial charge is 0.383 e. The lowest BCUT2D eigenvalue weighted by Crippen LogP contribution is -2.41. The number of methoxy groups -OCH3 is 1. The van der Waals surface area contributed by atoms with Crippen LogP contribution in [0.4, 0.5) is 0 Å². The first-order valence-electron chi connectivity index (χ1n) is 8.88. The molecule has 0 atom stereocenters. The quantitative estimate of drug-likeness (QED) is 0.573. The molecule has 0 N–H and O–H groups in total. The van der Waals surface area contributed by atoms with Crippen molar-refractivity contribution in [2.45, 2.75) is 6.54 Å². The zero-order valence-corrected chi connectivity index (χ0v) is 17.5. The number of carbonyl (C=O) groups is 1. The van der Waals surface area contributed by atoms with Gasteiger partial charge in [0.05, 0.1) is 24.1 Å². The molecular weight excluding hydrogens is 396 g/mol. The van der Waals surface area contributed by atoms with Gasteiger partial charge in [-0.2, -0.15) is 0 Å². The highest BCUT2D eigenvalue weighted by molar-refractivity contribution is 7.09. The van der Waals surface area contributed by atoms with Gasteiger partial charge in [-0.1, -0.05) is 6.07 Å². The molecule has 154 valence electrons. The summed E-state index contributed by atoms with van der Waals surface area (Å²) >= 11 is 1.50. The third-order valence-electron chi connectivity index (χ3n) is 4.83. The van der Waals surface area contributed by atoms with Crippen LogP contribution in [0, 0.1) is 0 Å². The van der Waals surface area contributed by atoms with Gasteiger partial charge in [0, 0.05) is 45.7 Å². The standard InChI is InChI=1S/C19H22N4O5S/c1-20-14(24)10-13(15-16(20)21(2)19(27)22(3)18(15)26)17(25)23(7-8-28-4)11-12-6-5-9-29-12/h5-6,9-10H,7-8,11H2,1-4H3. The van der Waals surface area contributed by atoms with E-state index in [2.05, 4.69) is 0 Å². The summed E-state index contributed by atoms with van der Waals surface area (Å²) in [7, 11) is 5.81. The average Bonchev–Trinajstić information content (AvgIpc) is 3.22. The van der Waals surface area contributed by atoms with E-state index in [4.69, 9.17) is 4.74 Å². The Morgan fingerprint density at radius 1 is 1.14 bits per heavy atom. The number of ether oxygens (including phenoxy) is 1. The molecule has 10 heteroatoms. The fourth-order valence-electron chi connectivity index (χ4n) is 3.24. The maximum absolute atomic E-state index is 13.4. The third kappa shape index (κ3) is 3.68. The molecule has 0 saturated carbocycles. The van der Waals surface area contributed by atoms with Gasteiger partial charge in [0.15, 0.2) is 0 Å². The second kappa shape index (κ2) is 8.18. The molecule has 3 aromatic rings. The Labute approximate surface area is 170 Å². The fraction of sp³-hybridized carbons (Fsp3) is 0.368. The van der Waals surface area contributed by atoms with Gasteiger partial charge in [-0.3, -0.25) is 28.1 Å². The van der Waals surface area contributed by atoms with Crippen LogP contribution in [-0.2, 0) is 32.4 Å². The van der Waals surface area contributed by atoms with E-state index in [1.54, 1.807) is 0 Å². The van der Waals surface area contributed by atoms with E-state index in [-0.39, 0.29) is 23.1 Å².